The molecular formula is C7H15N3O2. The van der Waals surface area contributed by atoms with Gasteiger partial charge in [0.15, 0.2) is 0 Å². The molecule has 0 unspecified atom stereocenters. The fourth-order valence-electron chi connectivity index (χ4n) is 1.13. The summed E-state index contributed by atoms with van der Waals surface area (Å²) in [5.41, 5.74) is 0. The Labute approximate surface area is 72.0 Å². The van der Waals surface area contributed by atoms with E-state index in [4.69, 9.17) is 10.6 Å². The molecule has 1 rings (SSSR count). The molecule has 70 valence electrons. The van der Waals surface area contributed by atoms with Crippen molar-refractivity contribution in [2.24, 2.45) is 5.84 Å². The number of nitrogens with zero attached hydrogens (tertiary/aromatic N) is 2. The molecule has 0 radical (unpaired) electrons. The van der Waals surface area contributed by atoms with Gasteiger partial charge in [-0.05, 0) is 0 Å². The van der Waals surface area contributed by atoms with Crippen LogP contribution in [-0.2, 0) is 9.53 Å². The van der Waals surface area contributed by atoms with Crippen LogP contribution in [-0.4, -0.2) is 55.7 Å². The van der Waals surface area contributed by atoms with Gasteiger partial charge in [0.2, 0.25) is 6.41 Å². The maximum Gasteiger partial charge on any atom is 0.223 e. The normalized spacial score (nSPS) is 19.1. The molecule has 1 saturated heterocycles. The number of morpholine rings is 1. The predicted molar refractivity (Wildman–Crippen MR) is 44.2 cm³/mol. The molecule has 1 amide bonds. The van der Waals surface area contributed by atoms with Crippen LogP contribution >= 0.6 is 0 Å². The van der Waals surface area contributed by atoms with E-state index in [9.17, 15) is 4.79 Å². The number of hydrogen-bond acceptors (Lipinski definition) is 4. The summed E-state index contributed by atoms with van der Waals surface area (Å²) in [5, 5.41) is 1.16. The number of nitrogens with two attached hydrogens (primary N) is 1. The fourth-order valence-corrected chi connectivity index (χ4v) is 1.13. The van der Waals surface area contributed by atoms with Crippen molar-refractivity contribution in [1.82, 2.24) is 9.91 Å². The highest BCUT2D eigenvalue weighted by molar-refractivity contribution is 5.45. The quantitative estimate of drug-likeness (QED) is 0.247. The third kappa shape index (κ3) is 3.17. The van der Waals surface area contributed by atoms with Crippen LogP contribution in [0.25, 0.3) is 0 Å². The first-order valence-electron chi connectivity index (χ1n) is 4.09. The van der Waals surface area contributed by atoms with Crippen molar-refractivity contribution in [2.45, 2.75) is 0 Å². The monoisotopic (exact) mass is 173 g/mol. The molecule has 2 N–H and O–H groups in total. The van der Waals surface area contributed by atoms with Gasteiger partial charge in [0.25, 0.3) is 0 Å². The first kappa shape index (κ1) is 9.44. The van der Waals surface area contributed by atoms with Crippen molar-refractivity contribution >= 4 is 6.41 Å². The van der Waals surface area contributed by atoms with Crippen LogP contribution < -0.4 is 5.84 Å². The van der Waals surface area contributed by atoms with Crippen LogP contribution in [0.15, 0.2) is 0 Å². The summed E-state index contributed by atoms with van der Waals surface area (Å²) >= 11 is 0. The zero-order valence-corrected chi connectivity index (χ0v) is 7.11. The van der Waals surface area contributed by atoms with Crippen molar-refractivity contribution in [3.63, 3.8) is 0 Å². The second-order valence-electron chi connectivity index (χ2n) is 2.80. The molecule has 0 aromatic rings. The number of carbonyl (C=O) groups is 1. The smallest absolute Gasteiger partial charge is 0.223 e. The van der Waals surface area contributed by atoms with Gasteiger partial charge in [-0.1, -0.05) is 0 Å². The molecule has 5 heteroatoms. The topological polar surface area (TPSA) is 58.8 Å². The largest absolute Gasteiger partial charge is 0.379 e. The van der Waals surface area contributed by atoms with E-state index in [0.29, 0.717) is 13.0 Å². The van der Waals surface area contributed by atoms with Crippen molar-refractivity contribution in [3.8, 4) is 0 Å². The zero-order chi connectivity index (χ0) is 8.81. The van der Waals surface area contributed by atoms with Gasteiger partial charge < -0.3 is 4.74 Å². The van der Waals surface area contributed by atoms with Crippen molar-refractivity contribution < 1.29 is 9.53 Å². The number of hydrogen-bond donors (Lipinski definition) is 1. The summed E-state index contributed by atoms with van der Waals surface area (Å²) in [6, 6.07) is 0. The van der Waals surface area contributed by atoms with Gasteiger partial charge >= 0.3 is 0 Å². The second-order valence-corrected chi connectivity index (χ2v) is 2.80. The predicted octanol–water partition coefficient (Wildman–Crippen LogP) is -1.35. The summed E-state index contributed by atoms with van der Waals surface area (Å²) < 4.78 is 5.18. The lowest BCUT2D eigenvalue weighted by molar-refractivity contribution is -0.118. The van der Waals surface area contributed by atoms with Crippen LogP contribution in [0.1, 0.15) is 0 Å². The third-order valence-electron chi connectivity index (χ3n) is 1.91. The number of hydrazine groups is 1. The summed E-state index contributed by atoms with van der Waals surface area (Å²) in [6.07, 6.45) is 0.639. The summed E-state index contributed by atoms with van der Waals surface area (Å²) in [7, 11) is 0. The van der Waals surface area contributed by atoms with E-state index in [2.05, 4.69) is 4.90 Å². The number of ether oxygens (including phenoxy) is 1. The minimum absolute atomic E-state index is 0.587. The average Bonchev–Trinajstić information content (AvgIpc) is 2.16. The highest BCUT2D eigenvalue weighted by Gasteiger charge is 2.09. The maximum atomic E-state index is 10.1. The van der Waals surface area contributed by atoms with Gasteiger partial charge in [-0.15, -0.1) is 0 Å². The highest BCUT2D eigenvalue weighted by Crippen LogP contribution is 1.95. The third-order valence-corrected chi connectivity index (χ3v) is 1.91. The van der Waals surface area contributed by atoms with Crippen LogP contribution in [0.5, 0.6) is 0 Å². The van der Waals surface area contributed by atoms with Crippen LogP contribution in [0.4, 0.5) is 0 Å². The number of carbonyl (C=O) groups excluding carboxylic acids is 1. The summed E-state index contributed by atoms with van der Waals surface area (Å²) in [5.74, 6) is 5.30. The van der Waals surface area contributed by atoms with Gasteiger partial charge in [-0.2, -0.15) is 0 Å². The van der Waals surface area contributed by atoms with E-state index in [-0.39, 0.29) is 0 Å². The standard InChI is InChI=1S/C7H15N3O2/c8-10(7-11)2-1-9-3-5-12-6-4-9/h7H,1-6,8H2. The average molecular weight is 173 g/mol. The lowest BCUT2D eigenvalue weighted by Crippen LogP contribution is -2.42. The molecule has 1 fully saturated rings. The highest BCUT2D eigenvalue weighted by atomic mass is 16.5. The van der Waals surface area contributed by atoms with Crippen LogP contribution in [0.2, 0.25) is 0 Å². The Bertz CT molecular complexity index is 137. The fraction of sp³-hybridized carbons (Fsp3) is 0.857. The molecule has 0 aliphatic carbocycles. The molecule has 0 aromatic carbocycles. The van der Waals surface area contributed by atoms with E-state index in [1.807, 2.05) is 0 Å². The Morgan fingerprint density at radius 3 is 2.75 bits per heavy atom. The Morgan fingerprint density at radius 2 is 2.17 bits per heavy atom. The minimum Gasteiger partial charge on any atom is -0.379 e. The van der Waals surface area contributed by atoms with Gasteiger partial charge in [0.1, 0.15) is 0 Å². The summed E-state index contributed by atoms with van der Waals surface area (Å²) in [6.45, 7) is 4.86. The Morgan fingerprint density at radius 1 is 1.50 bits per heavy atom. The minimum atomic E-state index is 0.587. The van der Waals surface area contributed by atoms with Crippen molar-refractivity contribution in [2.75, 3.05) is 39.4 Å². The lowest BCUT2D eigenvalue weighted by atomic mass is 10.4. The van der Waals surface area contributed by atoms with E-state index in [1.165, 1.54) is 0 Å². The van der Waals surface area contributed by atoms with Gasteiger partial charge in [0.05, 0.1) is 13.2 Å². The van der Waals surface area contributed by atoms with Gasteiger partial charge in [-0.3, -0.25) is 14.7 Å². The Balaban J connectivity index is 2.08. The van der Waals surface area contributed by atoms with Crippen molar-refractivity contribution in [1.29, 1.82) is 0 Å². The molecule has 0 bridgehead atoms. The molecule has 0 aromatic heterocycles. The van der Waals surface area contributed by atoms with Crippen LogP contribution in [0, 0.1) is 0 Å². The van der Waals surface area contributed by atoms with Crippen LogP contribution in [0.3, 0.4) is 0 Å². The molecular weight excluding hydrogens is 158 g/mol. The zero-order valence-electron chi connectivity index (χ0n) is 7.11. The first-order valence-corrected chi connectivity index (χ1v) is 4.09. The van der Waals surface area contributed by atoms with Gasteiger partial charge in [-0.25, -0.2) is 5.84 Å². The SMILES string of the molecule is NN(C=O)CCN1CCOCC1. The Kier molecular flexibility index (Phi) is 3.99. The second kappa shape index (κ2) is 5.08. The van der Waals surface area contributed by atoms with E-state index >= 15 is 0 Å². The molecule has 0 saturated carbocycles. The first-order chi connectivity index (χ1) is 5.83. The molecule has 0 atom stereocenters. The lowest BCUT2D eigenvalue weighted by Gasteiger charge is -2.27. The molecule has 12 heavy (non-hydrogen) atoms. The Hall–Kier alpha value is -0.650. The molecule has 5 nitrogen and oxygen atoms in total. The molecule has 1 aliphatic heterocycles. The molecule has 1 aliphatic rings. The number of amides is 1. The van der Waals surface area contributed by atoms with E-state index in [1.54, 1.807) is 0 Å². The summed E-state index contributed by atoms with van der Waals surface area (Å²) in [4.78, 5) is 12.4. The van der Waals surface area contributed by atoms with Gasteiger partial charge in [0, 0.05) is 26.2 Å². The number of rotatable bonds is 4. The molecule has 1 heterocycles. The maximum absolute atomic E-state index is 10.1. The van der Waals surface area contributed by atoms with Crippen molar-refractivity contribution in [3.05, 3.63) is 0 Å². The molecule has 0 spiro atoms. The van der Waals surface area contributed by atoms with E-state index < -0.39 is 0 Å². The van der Waals surface area contributed by atoms with E-state index in [0.717, 1.165) is 37.9 Å².